The second kappa shape index (κ2) is 4.91. The lowest BCUT2D eigenvalue weighted by Gasteiger charge is -2.26. The summed E-state index contributed by atoms with van der Waals surface area (Å²) < 4.78 is 6.48. The predicted octanol–water partition coefficient (Wildman–Crippen LogP) is -2.77. The SMILES string of the molecule is CC1OC(C[N+](C)(C)C)CC1O.[I-]. The maximum absolute atomic E-state index is 9.43. The molecule has 1 saturated heterocycles. The van der Waals surface area contributed by atoms with Crippen molar-refractivity contribution in [3.63, 3.8) is 0 Å². The summed E-state index contributed by atoms with van der Waals surface area (Å²) in [4.78, 5) is 0. The van der Waals surface area contributed by atoms with Crippen molar-refractivity contribution in [3.05, 3.63) is 0 Å². The van der Waals surface area contributed by atoms with E-state index in [0.717, 1.165) is 17.4 Å². The van der Waals surface area contributed by atoms with Crippen LogP contribution >= 0.6 is 0 Å². The van der Waals surface area contributed by atoms with Crippen LogP contribution in [0.25, 0.3) is 0 Å². The molecule has 0 spiro atoms. The Labute approximate surface area is 97.7 Å². The molecule has 0 saturated carbocycles. The van der Waals surface area contributed by atoms with E-state index < -0.39 is 0 Å². The largest absolute Gasteiger partial charge is 1.00 e. The standard InChI is InChI=1S/C9H20NO2.HI/c1-7-9(11)5-8(12-7)6-10(2,3)4;/h7-9,11H,5-6H2,1-4H3;1H/q+1;/p-1. The van der Waals surface area contributed by atoms with Crippen molar-refractivity contribution in [2.75, 3.05) is 27.7 Å². The average molecular weight is 301 g/mol. The quantitative estimate of drug-likeness (QED) is 0.442. The van der Waals surface area contributed by atoms with E-state index in [1.807, 2.05) is 6.92 Å². The maximum atomic E-state index is 9.43. The molecule has 1 aliphatic heterocycles. The first kappa shape index (κ1) is 13.6. The highest BCUT2D eigenvalue weighted by Gasteiger charge is 2.33. The average Bonchev–Trinajstić information content (AvgIpc) is 2.07. The molecule has 0 aromatic carbocycles. The summed E-state index contributed by atoms with van der Waals surface area (Å²) in [6, 6.07) is 0. The molecular weight excluding hydrogens is 281 g/mol. The van der Waals surface area contributed by atoms with Gasteiger partial charge in [-0.3, -0.25) is 0 Å². The lowest BCUT2D eigenvalue weighted by atomic mass is 10.1. The monoisotopic (exact) mass is 301 g/mol. The zero-order valence-corrected chi connectivity index (χ0v) is 11.0. The molecule has 3 nitrogen and oxygen atoms in total. The molecule has 0 aliphatic carbocycles. The van der Waals surface area contributed by atoms with Gasteiger partial charge in [0.2, 0.25) is 0 Å². The van der Waals surface area contributed by atoms with Crippen molar-refractivity contribution in [3.8, 4) is 0 Å². The van der Waals surface area contributed by atoms with E-state index in [1.165, 1.54) is 0 Å². The van der Waals surface area contributed by atoms with Crippen molar-refractivity contribution in [1.29, 1.82) is 0 Å². The molecule has 3 unspecified atom stereocenters. The highest BCUT2D eigenvalue weighted by molar-refractivity contribution is 4.78. The minimum absolute atomic E-state index is 0. The molecule has 0 bridgehead atoms. The molecule has 3 atom stereocenters. The molecule has 0 aromatic rings. The Bertz CT molecular complexity index is 148. The van der Waals surface area contributed by atoms with E-state index >= 15 is 0 Å². The number of aliphatic hydroxyl groups is 1. The third-order valence-corrected chi connectivity index (χ3v) is 2.20. The first-order chi connectivity index (χ1) is 5.38. The van der Waals surface area contributed by atoms with Gasteiger partial charge in [0, 0.05) is 6.42 Å². The zero-order valence-electron chi connectivity index (χ0n) is 8.83. The molecule has 1 N–H and O–H groups in total. The number of quaternary nitrogens is 1. The smallest absolute Gasteiger partial charge is 0.109 e. The summed E-state index contributed by atoms with van der Waals surface area (Å²) >= 11 is 0. The lowest BCUT2D eigenvalue weighted by molar-refractivity contribution is -0.873. The van der Waals surface area contributed by atoms with Crippen LogP contribution in [0.1, 0.15) is 13.3 Å². The van der Waals surface area contributed by atoms with E-state index in [9.17, 15) is 5.11 Å². The molecule has 0 aromatic heterocycles. The van der Waals surface area contributed by atoms with Gasteiger partial charge in [-0.1, -0.05) is 0 Å². The van der Waals surface area contributed by atoms with Crippen LogP contribution in [0.15, 0.2) is 0 Å². The van der Waals surface area contributed by atoms with Crippen LogP contribution in [0, 0.1) is 0 Å². The molecule has 4 heteroatoms. The summed E-state index contributed by atoms with van der Waals surface area (Å²) in [6.45, 7) is 2.90. The molecule has 13 heavy (non-hydrogen) atoms. The highest BCUT2D eigenvalue weighted by atomic mass is 127. The van der Waals surface area contributed by atoms with Crippen molar-refractivity contribution in [2.24, 2.45) is 0 Å². The van der Waals surface area contributed by atoms with Crippen LogP contribution in [0.4, 0.5) is 0 Å². The number of hydrogen-bond acceptors (Lipinski definition) is 2. The number of aliphatic hydroxyl groups excluding tert-OH is 1. The van der Waals surface area contributed by atoms with Gasteiger partial charge in [0.05, 0.1) is 33.4 Å². The first-order valence-electron chi connectivity index (χ1n) is 4.52. The van der Waals surface area contributed by atoms with E-state index in [2.05, 4.69) is 21.1 Å². The molecular formula is C9H20INO2. The van der Waals surface area contributed by atoms with Gasteiger partial charge in [-0.05, 0) is 6.92 Å². The fourth-order valence-corrected chi connectivity index (χ4v) is 1.64. The number of ether oxygens (including phenoxy) is 1. The van der Waals surface area contributed by atoms with Crippen LogP contribution in [-0.2, 0) is 4.74 Å². The van der Waals surface area contributed by atoms with Gasteiger partial charge < -0.3 is 38.3 Å². The molecule has 1 fully saturated rings. The molecule has 1 heterocycles. The summed E-state index contributed by atoms with van der Waals surface area (Å²) in [6.07, 6.45) is 0.773. The third kappa shape index (κ3) is 4.58. The van der Waals surface area contributed by atoms with Crippen LogP contribution in [0.2, 0.25) is 0 Å². The van der Waals surface area contributed by atoms with Crippen LogP contribution in [0.5, 0.6) is 0 Å². The zero-order chi connectivity index (χ0) is 9.35. The topological polar surface area (TPSA) is 29.5 Å². The number of rotatable bonds is 2. The second-order valence-electron chi connectivity index (χ2n) is 4.74. The van der Waals surface area contributed by atoms with Gasteiger partial charge in [-0.25, -0.2) is 0 Å². The first-order valence-corrected chi connectivity index (χ1v) is 4.52. The Morgan fingerprint density at radius 3 is 2.23 bits per heavy atom. The third-order valence-electron chi connectivity index (χ3n) is 2.20. The lowest BCUT2D eigenvalue weighted by Crippen LogP contribution is -3.00. The van der Waals surface area contributed by atoms with Gasteiger partial charge in [0.1, 0.15) is 12.6 Å². The molecule has 1 aliphatic rings. The number of hydrogen-bond donors (Lipinski definition) is 1. The van der Waals surface area contributed by atoms with Crippen LogP contribution in [0.3, 0.4) is 0 Å². The fraction of sp³-hybridized carbons (Fsp3) is 1.00. The Morgan fingerprint density at radius 1 is 1.38 bits per heavy atom. The van der Waals surface area contributed by atoms with Gasteiger partial charge in [-0.2, -0.15) is 0 Å². The van der Waals surface area contributed by atoms with E-state index in [4.69, 9.17) is 4.74 Å². The number of halogens is 1. The minimum Gasteiger partial charge on any atom is -1.00 e. The highest BCUT2D eigenvalue weighted by Crippen LogP contribution is 2.21. The minimum atomic E-state index is -0.262. The number of likely N-dealkylation sites (N-methyl/N-ethyl adjacent to an activating group) is 1. The van der Waals surface area contributed by atoms with Crippen LogP contribution < -0.4 is 24.0 Å². The van der Waals surface area contributed by atoms with Gasteiger partial charge in [0.15, 0.2) is 0 Å². The van der Waals surface area contributed by atoms with Crippen molar-refractivity contribution in [2.45, 2.75) is 31.7 Å². The van der Waals surface area contributed by atoms with Crippen LogP contribution in [-0.4, -0.2) is 55.6 Å². The van der Waals surface area contributed by atoms with E-state index in [1.54, 1.807) is 0 Å². The maximum Gasteiger partial charge on any atom is 0.109 e. The molecule has 1 rings (SSSR count). The normalized spacial score (nSPS) is 34.4. The molecule has 0 radical (unpaired) electrons. The Balaban J connectivity index is 0.00000144. The Kier molecular flexibility index (Phi) is 5.14. The molecule has 0 amide bonds. The van der Waals surface area contributed by atoms with Crippen molar-refractivity contribution in [1.82, 2.24) is 0 Å². The van der Waals surface area contributed by atoms with Crippen molar-refractivity contribution < 1.29 is 38.3 Å². The summed E-state index contributed by atoms with van der Waals surface area (Å²) in [7, 11) is 6.41. The second-order valence-corrected chi connectivity index (χ2v) is 4.74. The fourth-order valence-electron chi connectivity index (χ4n) is 1.64. The van der Waals surface area contributed by atoms with Crippen molar-refractivity contribution >= 4 is 0 Å². The Hall–Kier alpha value is 0.610. The van der Waals surface area contributed by atoms with E-state index in [-0.39, 0.29) is 42.3 Å². The summed E-state index contributed by atoms with van der Waals surface area (Å²) in [5, 5.41) is 9.43. The number of nitrogens with zero attached hydrogens (tertiary/aromatic N) is 1. The van der Waals surface area contributed by atoms with Gasteiger partial charge in [0.25, 0.3) is 0 Å². The summed E-state index contributed by atoms with van der Waals surface area (Å²) in [5.41, 5.74) is 0. The Morgan fingerprint density at radius 2 is 1.92 bits per heavy atom. The molecule has 80 valence electrons. The predicted molar refractivity (Wildman–Crippen MR) is 47.9 cm³/mol. The summed E-state index contributed by atoms with van der Waals surface area (Å²) in [5.74, 6) is 0. The van der Waals surface area contributed by atoms with Gasteiger partial charge in [-0.15, -0.1) is 0 Å². The van der Waals surface area contributed by atoms with E-state index in [0.29, 0.717) is 0 Å². The van der Waals surface area contributed by atoms with Gasteiger partial charge >= 0.3 is 0 Å².